The van der Waals surface area contributed by atoms with E-state index in [2.05, 4.69) is 0 Å². The number of benzene rings is 2. The maximum Gasteiger partial charge on any atom is 0.312 e. The summed E-state index contributed by atoms with van der Waals surface area (Å²) in [6.07, 6.45) is 1.35. The molecule has 0 aromatic heterocycles. The lowest BCUT2D eigenvalue weighted by atomic mass is 9.97. The molecule has 2 aromatic carbocycles. The van der Waals surface area contributed by atoms with Crippen LogP contribution in [0.1, 0.15) is 12.0 Å². The van der Waals surface area contributed by atoms with Gasteiger partial charge in [-0.3, -0.25) is 4.79 Å². The van der Waals surface area contributed by atoms with Crippen LogP contribution in [-0.2, 0) is 16.0 Å². The van der Waals surface area contributed by atoms with E-state index in [4.69, 9.17) is 14.2 Å². The van der Waals surface area contributed by atoms with Crippen LogP contribution in [0.15, 0.2) is 54.6 Å². The van der Waals surface area contributed by atoms with Crippen molar-refractivity contribution in [3.05, 3.63) is 60.2 Å². The van der Waals surface area contributed by atoms with Crippen molar-refractivity contribution in [1.29, 1.82) is 0 Å². The van der Waals surface area contributed by atoms with Gasteiger partial charge in [0.05, 0.1) is 19.1 Å². The molecule has 23 heavy (non-hydrogen) atoms. The topological polar surface area (TPSA) is 44.8 Å². The molecule has 2 aromatic rings. The van der Waals surface area contributed by atoms with Gasteiger partial charge in [0.15, 0.2) is 0 Å². The molecule has 0 radical (unpaired) electrons. The standard InChI is InChI=1S/C19H20O4/c20-19(16-13-15-7-4-5-10-18(15)23-14-16)22-12-6-11-21-17-8-2-1-3-9-17/h1-5,7-10,16H,6,11-14H2. The quantitative estimate of drug-likeness (QED) is 0.607. The molecule has 4 heteroatoms. The van der Waals surface area contributed by atoms with Crippen LogP contribution in [0.2, 0.25) is 0 Å². The minimum Gasteiger partial charge on any atom is -0.493 e. The Bertz CT molecular complexity index is 639. The van der Waals surface area contributed by atoms with Crippen molar-refractivity contribution in [2.45, 2.75) is 12.8 Å². The summed E-state index contributed by atoms with van der Waals surface area (Å²) in [6.45, 7) is 1.28. The molecule has 0 saturated carbocycles. The first-order chi connectivity index (χ1) is 11.3. The largest absolute Gasteiger partial charge is 0.493 e. The van der Waals surface area contributed by atoms with Gasteiger partial charge in [0.25, 0.3) is 0 Å². The molecule has 0 saturated heterocycles. The SMILES string of the molecule is O=C(OCCCOc1ccccc1)C1COc2ccccc2C1. The number of para-hydroxylation sites is 2. The van der Waals surface area contributed by atoms with Crippen LogP contribution in [-0.4, -0.2) is 25.8 Å². The van der Waals surface area contributed by atoms with Gasteiger partial charge in [-0.05, 0) is 30.2 Å². The minimum absolute atomic E-state index is 0.195. The predicted molar refractivity (Wildman–Crippen MR) is 86.6 cm³/mol. The summed E-state index contributed by atoms with van der Waals surface area (Å²) in [6, 6.07) is 17.4. The van der Waals surface area contributed by atoms with Crippen molar-refractivity contribution < 1.29 is 19.0 Å². The lowest BCUT2D eigenvalue weighted by Crippen LogP contribution is -2.30. The Balaban J connectivity index is 1.37. The minimum atomic E-state index is -0.222. The first-order valence-corrected chi connectivity index (χ1v) is 7.88. The maximum absolute atomic E-state index is 12.1. The van der Waals surface area contributed by atoms with E-state index >= 15 is 0 Å². The van der Waals surface area contributed by atoms with Crippen molar-refractivity contribution >= 4 is 5.97 Å². The number of esters is 1. The summed E-state index contributed by atoms with van der Waals surface area (Å²) >= 11 is 0. The van der Waals surface area contributed by atoms with Crippen LogP contribution < -0.4 is 9.47 Å². The van der Waals surface area contributed by atoms with Crippen LogP contribution >= 0.6 is 0 Å². The van der Waals surface area contributed by atoms with Gasteiger partial charge in [0, 0.05) is 6.42 Å². The van der Waals surface area contributed by atoms with Crippen LogP contribution in [0, 0.1) is 5.92 Å². The van der Waals surface area contributed by atoms with Gasteiger partial charge in [-0.15, -0.1) is 0 Å². The van der Waals surface area contributed by atoms with Gasteiger partial charge < -0.3 is 14.2 Å². The lowest BCUT2D eigenvalue weighted by Gasteiger charge is -2.23. The zero-order valence-electron chi connectivity index (χ0n) is 12.9. The second-order valence-corrected chi connectivity index (χ2v) is 5.50. The van der Waals surface area contributed by atoms with Crippen molar-refractivity contribution in [3.8, 4) is 11.5 Å². The second-order valence-electron chi connectivity index (χ2n) is 5.50. The normalized spacial score (nSPS) is 16.1. The molecular weight excluding hydrogens is 292 g/mol. The Morgan fingerprint density at radius 1 is 1.04 bits per heavy atom. The monoisotopic (exact) mass is 312 g/mol. The molecule has 1 atom stereocenters. The Kier molecular flexibility index (Phi) is 5.14. The van der Waals surface area contributed by atoms with Crippen LogP contribution in [0.25, 0.3) is 0 Å². The molecular formula is C19H20O4. The lowest BCUT2D eigenvalue weighted by molar-refractivity contribution is -0.150. The zero-order chi connectivity index (χ0) is 15.9. The Hall–Kier alpha value is -2.49. The molecule has 0 aliphatic carbocycles. The highest BCUT2D eigenvalue weighted by Crippen LogP contribution is 2.27. The summed E-state index contributed by atoms with van der Waals surface area (Å²) in [5, 5.41) is 0. The van der Waals surface area contributed by atoms with Crippen molar-refractivity contribution in [3.63, 3.8) is 0 Å². The molecule has 1 heterocycles. The smallest absolute Gasteiger partial charge is 0.312 e. The maximum atomic E-state index is 12.1. The molecule has 120 valence electrons. The van der Waals surface area contributed by atoms with Crippen LogP contribution in [0.5, 0.6) is 11.5 Å². The molecule has 0 amide bonds. The van der Waals surface area contributed by atoms with E-state index in [1.54, 1.807) is 0 Å². The zero-order valence-corrected chi connectivity index (χ0v) is 12.9. The fourth-order valence-corrected chi connectivity index (χ4v) is 2.54. The molecule has 1 unspecified atom stereocenters. The molecule has 0 fully saturated rings. The van der Waals surface area contributed by atoms with E-state index in [-0.39, 0.29) is 11.9 Å². The number of carbonyl (C=O) groups excluding carboxylic acids is 1. The van der Waals surface area contributed by atoms with E-state index in [1.165, 1.54) is 0 Å². The van der Waals surface area contributed by atoms with Gasteiger partial charge in [-0.2, -0.15) is 0 Å². The van der Waals surface area contributed by atoms with Crippen molar-refractivity contribution in [2.75, 3.05) is 19.8 Å². The summed E-state index contributed by atoms with van der Waals surface area (Å²) < 4.78 is 16.5. The van der Waals surface area contributed by atoms with Gasteiger partial charge in [0.2, 0.25) is 0 Å². The number of hydrogen-bond donors (Lipinski definition) is 0. The predicted octanol–water partition coefficient (Wildman–Crippen LogP) is 3.25. The third-order valence-corrected chi connectivity index (χ3v) is 3.76. The van der Waals surface area contributed by atoms with Crippen LogP contribution in [0.3, 0.4) is 0 Å². The summed E-state index contributed by atoms with van der Waals surface area (Å²) in [5.74, 6) is 1.28. The third kappa shape index (κ3) is 4.25. The molecule has 0 spiro atoms. The van der Waals surface area contributed by atoms with Gasteiger partial charge >= 0.3 is 5.97 Å². The van der Waals surface area contributed by atoms with Gasteiger partial charge in [-0.25, -0.2) is 0 Å². The number of fused-ring (bicyclic) bond motifs is 1. The number of carbonyl (C=O) groups is 1. The Morgan fingerprint density at radius 2 is 1.83 bits per heavy atom. The van der Waals surface area contributed by atoms with E-state index in [9.17, 15) is 4.79 Å². The van der Waals surface area contributed by atoms with Crippen molar-refractivity contribution in [1.82, 2.24) is 0 Å². The van der Waals surface area contributed by atoms with E-state index in [0.29, 0.717) is 32.7 Å². The molecule has 3 rings (SSSR count). The summed E-state index contributed by atoms with van der Waals surface area (Å²) in [7, 11) is 0. The number of hydrogen-bond acceptors (Lipinski definition) is 4. The highest BCUT2D eigenvalue weighted by atomic mass is 16.5. The van der Waals surface area contributed by atoms with E-state index < -0.39 is 0 Å². The fourth-order valence-electron chi connectivity index (χ4n) is 2.54. The van der Waals surface area contributed by atoms with Crippen LogP contribution in [0.4, 0.5) is 0 Å². The summed E-state index contributed by atoms with van der Waals surface area (Å²) in [5.41, 5.74) is 1.06. The average Bonchev–Trinajstić information content (AvgIpc) is 2.61. The molecule has 0 bridgehead atoms. The second kappa shape index (κ2) is 7.68. The molecule has 0 N–H and O–H groups in total. The highest BCUT2D eigenvalue weighted by Gasteiger charge is 2.26. The average molecular weight is 312 g/mol. The van der Waals surface area contributed by atoms with Gasteiger partial charge in [-0.1, -0.05) is 36.4 Å². The molecule has 4 nitrogen and oxygen atoms in total. The fraction of sp³-hybridized carbons (Fsp3) is 0.316. The third-order valence-electron chi connectivity index (χ3n) is 3.76. The van der Waals surface area contributed by atoms with E-state index in [1.807, 2.05) is 54.6 Å². The number of ether oxygens (including phenoxy) is 3. The Morgan fingerprint density at radius 3 is 2.70 bits per heavy atom. The van der Waals surface area contributed by atoms with E-state index in [0.717, 1.165) is 17.1 Å². The first kappa shape index (κ1) is 15.4. The van der Waals surface area contributed by atoms with Gasteiger partial charge in [0.1, 0.15) is 18.1 Å². The van der Waals surface area contributed by atoms with Crippen molar-refractivity contribution in [2.24, 2.45) is 5.92 Å². The molecule has 1 aliphatic rings. The first-order valence-electron chi connectivity index (χ1n) is 7.88. The Labute approximate surface area is 136 Å². The highest BCUT2D eigenvalue weighted by molar-refractivity contribution is 5.73. The number of rotatable bonds is 6. The summed E-state index contributed by atoms with van der Waals surface area (Å²) in [4.78, 5) is 12.1. The molecule has 1 aliphatic heterocycles.